The summed E-state index contributed by atoms with van der Waals surface area (Å²) in [6.45, 7) is 4.52. The van der Waals surface area contributed by atoms with Crippen molar-refractivity contribution in [1.82, 2.24) is 4.90 Å². The van der Waals surface area contributed by atoms with Crippen LogP contribution in [-0.4, -0.2) is 23.5 Å². The van der Waals surface area contributed by atoms with E-state index in [0.717, 1.165) is 12.0 Å². The van der Waals surface area contributed by atoms with Crippen molar-refractivity contribution in [3.8, 4) is 0 Å². The molecule has 1 heterocycles. The van der Waals surface area contributed by atoms with Crippen molar-refractivity contribution in [3.05, 3.63) is 71.8 Å². The van der Waals surface area contributed by atoms with Gasteiger partial charge in [0.2, 0.25) is 5.91 Å². The number of hydrogen-bond acceptors (Lipinski definition) is 3. The third kappa shape index (κ3) is 2.52. The van der Waals surface area contributed by atoms with E-state index in [0.29, 0.717) is 5.92 Å². The Bertz CT molecular complexity index is 818. The number of imide groups is 1. The average Bonchev–Trinajstić information content (AvgIpc) is 3.33. The van der Waals surface area contributed by atoms with Gasteiger partial charge in [0.25, 0.3) is 0 Å². The Labute approximate surface area is 153 Å². The predicted molar refractivity (Wildman–Crippen MR) is 98.4 cm³/mol. The number of carbonyl (C=O) groups is 2. The van der Waals surface area contributed by atoms with Gasteiger partial charge in [-0.05, 0) is 23.5 Å². The average molecular weight is 349 g/mol. The lowest BCUT2D eigenvalue weighted by atomic mass is 9.82. The van der Waals surface area contributed by atoms with E-state index in [9.17, 15) is 9.59 Å². The minimum absolute atomic E-state index is 0.112. The largest absolute Gasteiger partial charge is 0.446 e. The number of carbonyl (C=O) groups excluding carboxylic acids is 2. The van der Waals surface area contributed by atoms with Gasteiger partial charge < -0.3 is 4.74 Å². The van der Waals surface area contributed by atoms with Gasteiger partial charge in [0.15, 0.2) is 0 Å². The van der Waals surface area contributed by atoms with Crippen LogP contribution in [0.25, 0.3) is 0 Å². The molecule has 0 radical (unpaired) electrons. The van der Waals surface area contributed by atoms with Crippen LogP contribution in [0.4, 0.5) is 4.79 Å². The molecule has 4 rings (SSSR count). The highest BCUT2D eigenvalue weighted by Crippen LogP contribution is 2.60. The van der Waals surface area contributed by atoms with E-state index in [4.69, 9.17) is 4.74 Å². The molecule has 3 atom stereocenters. The summed E-state index contributed by atoms with van der Waals surface area (Å²) in [6, 6.07) is 19.5. The maximum absolute atomic E-state index is 13.3. The number of cyclic esters (lactones) is 1. The van der Waals surface area contributed by atoms with Crippen molar-refractivity contribution in [2.24, 2.45) is 11.8 Å². The molecule has 1 saturated carbocycles. The molecule has 1 saturated heterocycles. The molecule has 2 aromatic rings. The van der Waals surface area contributed by atoms with Crippen molar-refractivity contribution >= 4 is 12.0 Å². The van der Waals surface area contributed by atoms with Crippen LogP contribution in [0.15, 0.2) is 60.7 Å². The van der Waals surface area contributed by atoms with Gasteiger partial charge >= 0.3 is 6.09 Å². The van der Waals surface area contributed by atoms with E-state index in [-0.39, 0.29) is 29.9 Å². The summed E-state index contributed by atoms with van der Waals surface area (Å²) in [5.41, 5.74) is 1.92. The van der Waals surface area contributed by atoms with E-state index in [1.807, 2.05) is 48.5 Å². The van der Waals surface area contributed by atoms with Crippen LogP contribution in [0.5, 0.6) is 0 Å². The third-order valence-electron chi connectivity index (χ3n) is 5.94. The molecule has 0 bridgehead atoms. The van der Waals surface area contributed by atoms with Crippen molar-refractivity contribution < 1.29 is 14.3 Å². The minimum atomic E-state index is -0.526. The molecular formula is C22H23NO3. The zero-order chi connectivity index (χ0) is 18.3. The van der Waals surface area contributed by atoms with Crippen LogP contribution in [0.3, 0.4) is 0 Å². The standard InChI is InChI=1S/C22H23NO3/c1-15(2)22(17-11-7-4-8-12-17)13-18(22)20(24)23-19(14-26-21(23)25)16-9-5-3-6-10-16/h3-12,15,18-19H,13-14H2,1-2H3/t18-,19-,22+/m0/s1. The first-order valence-electron chi connectivity index (χ1n) is 9.16. The van der Waals surface area contributed by atoms with Crippen LogP contribution in [0.2, 0.25) is 0 Å². The van der Waals surface area contributed by atoms with Crippen LogP contribution < -0.4 is 0 Å². The SMILES string of the molecule is CC(C)[C@@]1(c2ccccc2)C[C@H]1C(=O)N1C(=O)OC[C@H]1c1ccccc1. The quantitative estimate of drug-likeness (QED) is 0.826. The topological polar surface area (TPSA) is 46.6 Å². The number of amides is 2. The van der Waals surface area contributed by atoms with Gasteiger partial charge in [-0.25, -0.2) is 9.69 Å². The Hall–Kier alpha value is -2.62. The lowest BCUT2D eigenvalue weighted by molar-refractivity contribution is -0.131. The fourth-order valence-corrected chi connectivity index (χ4v) is 4.38. The van der Waals surface area contributed by atoms with Crippen LogP contribution in [0, 0.1) is 11.8 Å². The Morgan fingerprint density at radius 2 is 1.69 bits per heavy atom. The second kappa shape index (κ2) is 6.27. The van der Waals surface area contributed by atoms with Crippen molar-refractivity contribution in [2.75, 3.05) is 6.61 Å². The molecule has 0 aromatic heterocycles. The number of rotatable bonds is 4. The first-order valence-corrected chi connectivity index (χ1v) is 9.16. The first-order chi connectivity index (χ1) is 12.6. The molecule has 0 spiro atoms. The second-order valence-corrected chi connectivity index (χ2v) is 7.53. The zero-order valence-corrected chi connectivity index (χ0v) is 15.1. The summed E-state index contributed by atoms with van der Waals surface area (Å²) in [7, 11) is 0. The molecule has 0 unspecified atom stereocenters. The Kier molecular flexibility index (Phi) is 4.06. The van der Waals surface area contributed by atoms with E-state index in [1.54, 1.807) is 0 Å². The van der Waals surface area contributed by atoms with E-state index >= 15 is 0 Å². The van der Waals surface area contributed by atoms with Crippen LogP contribution >= 0.6 is 0 Å². The smallest absolute Gasteiger partial charge is 0.417 e. The van der Waals surface area contributed by atoms with Crippen molar-refractivity contribution in [1.29, 1.82) is 0 Å². The molecule has 2 aromatic carbocycles. The molecule has 4 heteroatoms. The predicted octanol–water partition coefficient (Wildman–Crippen LogP) is 4.32. The Balaban J connectivity index is 1.64. The highest BCUT2D eigenvalue weighted by molar-refractivity contribution is 5.97. The normalized spacial score (nSPS) is 27.5. The van der Waals surface area contributed by atoms with E-state index in [2.05, 4.69) is 26.0 Å². The minimum Gasteiger partial charge on any atom is -0.446 e. The number of hydrogen-bond donors (Lipinski definition) is 0. The number of nitrogens with zero attached hydrogens (tertiary/aromatic N) is 1. The molecule has 26 heavy (non-hydrogen) atoms. The highest BCUT2D eigenvalue weighted by Gasteiger charge is 2.63. The lowest BCUT2D eigenvalue weighted by Crippen LogP contribution is -2.37. The molecule has 0 N–H and O–H groups in total. The van der Waals surface area contributed by atoms with Gasteiger partial charge in [-0.2, -0.15) is 0 Å². The molecule has 1 aliphatic heterocycles. The Morgan fingerprint density at radius 3 is 2.31 bits per heavy atom. The highest BCUT2D eigenvalue weighted by atomic mass is 16.6. The third-order valence-corrected chi connectivity index (χ3v) is 5.94. The fourth-order valence-electron chi connectivity index (χ4n) is 4.38. The Morgan fingerprint density at radius 1 is 1.08 bits per heavy atom. The molecule has 2 fully saturated rings. The van der Waals surface area contributed by atoms with Gasteiger partial charge in [0, 0.05) is 11.3 Å². The van der Waals surface area contributed by atoms with Gasteiger partial charge in [0.1, 0.15) is 12.6 Å². The molecule has 4 nitrogen and oxygen atoms in total. The summed E-state index contributed by atoms with van der Waals surface area (Å²) in [4.78, 5) is 27.0. The zero-order valence-electron chi connectivity index (χ0n) is 15.1. The van der Waals surface area contributed by atoms with Crippen LogP contribution in [0.1, 0.15) is 37.4 Å². The fraction of sp³-hybridized carbons (Fsp3) is 0.364. The summed E-state index contributed by atoms with van der Waals surface area (Å²) in [5, 5.41) is 0. The summed E-state index contributed by atoms with van der Waals surface area (Å²) >= 11 is 0. The first kappa shape index (κ1) is 16.8. The number of benzene rings is 2. The molecule has 2 amide bonds. The van der Waals surface area contributed by atoms with Gasteiger partial charge in [-0.1, -0.05) is 74.5 Å². The molecular weight excluding hydrogens is 326 g/mol. The van der Waals surface area contributed by atoms with Gasteiger partial charge in [-0.15, -0.1) is 0 Å². The van der Waals surface area contributed by atoms with Crippen molar-refractivity contribution in [2.45, 2.75) is 31.7 Å². The summed E-state index contributed by atoms with van der Waals surface area (Å²) < 4.78 is 5.23. The monoisotopic (exact) mass is 349 g/mol. The summed E-state index contributed by atoms with van der Waals surface area (Å²) in [6.07, 6.45) is 0.250. The maximum atomic E-state index is 13.3. The van der Waals surface area contributed by atoms with Gasteiger partial charge in [-0.3, -0.25) is 4.79 Å². The molecule has 134 valence electrons. The molecule has 2 aliphatic rings. The van der Waals surface area contributed by atoms with Crippen LogP contribution in [-0.2, 0) is 14.9 Å². The lowest BCUT2D eigenvalue weighted by Gasteiger charge is -2.25. The molecule has 1 aliphatic carbocycles. The van der Waals surface area contributed by atoms with E-state index < -0.39 is 6.09 Å². The van der Waals surface area contributed by atoms with E-state index in [1.165, 1.54) is 10.5 Å². The number of ether oxygens (including phenoxy) is 1. The van der Waals surface area contributed by atoms with Crippen molar-refractivity contribution in [3.63, 3.8) is 0 Å². The second-order valence-electron chi connectivity index (χ2n) is 7.53. The summed E-state index contributed by atoms with van der Waals surface area (Å²) in [5.74, 6) is 0.0216. The van der Waals surface area contributed by atoms with Gasteiger partial charge in [0.05, 0.1) is 0 Å². The maximum Gasteiger partial charge on any atom is 0.417 e.